The van der Waals surface area contributed by atoms with E-state index < -0.39 is 0 Å². The first-order chi connectivity index (χ1) is 10.7. The lowest BCUT2D eigenvalue weighted by molar-refractivity contribution is 0.419. The van der Waals surface area contributed by atoms with Crippen molar-refractivity contribution in [3.05, 3.63) is 40.3 Å². The fourth-order valence-corrected chi connectivity index (χ4v) is 3.01. The van der Waals surface area contributed by atoms with Gasteiger partial charge >= 0.3 is 0 Å². The number of nitrogens with one attached hydrogen (secondary N) is 1. The van der Waals surface area contributed by atoms with Gasteiger partial charge in [0.2, 0.25) is 4.77 Å². The van der Waals surface area contributed by atoms with Gasteiger partial charge in [0.1, 0.15) is 5.76 Å². The lowest BCUT2D eigenvalue weighted by Crippen LogP contribution is -2.10. The Balaban J connectivity index is 1.81. The minimum Gasteiger partial charge on any atom is -0.465 e. The molecule has 0 bridgehead atoms. The lowest BCUT2D eigenvalue weighted by atomic mass is 9.89. The molecule has 0 amide bonds. The molecule has 1 N–H and O–H groups in total. The molecule has 2 heterocycles. The number of allylic oxidation sites excluding steroid dienone is 1. The first-order valence-corrected chi connectivity index (χ1v) is 8.08. The Morgan fingerprint density at radius 1 is 1.45 bits per heavy atom. The van der Waals surface area contributed by atoms with Gasteiger partial charge in [0.05, 0.1) is 12.5 Å². The number of H-pyrrole nitrogens is 1. The summed E-state index contributed by atoms with van der Waals surface area (Å²) in [5.41, 5.74) is 0.993. The van der Waals surface area contributed by atoms with Crippen molar-refractivity contribution in [3.63, 3.8) is 0 Å². The van der Waals surface area contributed by atoms with Crippen molar-refractivity contribution in [2.75, 3.05) is 0 Å². The van der Waals surface area contributed by atoms with E-state index in [2.05, 4.69) is 15.3 Å². The minimum atomic E-state index is 0.452. The molecule has 1 saturated carbocycles. The fraction of sp³-hybridized carbons (Fsp3) is 0.438. The van der Waals surface area contributed by atoms with Crippen LogP contribution in [0.25, 0.3) is 6.08 Å². The van der Waals surface area contributed by atoms with Crippen LogP contribution in [0.2, 0.25) is 0 Å². The van der Waals surface area contributed by atoms with Crippen molar-refractivity contribution in [1.29, 1.82) is 0 Å². The minimum absolute atomic E-state index is 0.452. The van der Waals surface area contributed by atoms with Gasteiger partial charge in [-0.15, -0.1) is 0 Å². The van der Waals surface area contributed by atoms with Crippen molar-refractivity contribution >= 4 is 24.5 Å². The second-order valence-electron chi connectivity index (χ2n) is 5.68. The van der Waals surface area contributed by atoms with Gasteiger partial charge in [-0.1, -0.05) is 19.3 Å². The Bertz CT molecular complexity index is 718. The number of nitrogens with zero attached hydrogens (tertiary/aromatic N) is 3. The van der Waals surface area contributed by atoms with E-state index in [1.807, 2.05) is 25.1 Å². The Labute approximate surface area is 134 Å². The van der Waals surface area contributed by atoms with Gasteiger partial charge in [0.15, 0.2) is 5.82 Å². The van der Waals surface area contributed by atoms with Crippen molar-refractivity contribution in [3.8, 4) is 0 Å². The van der Waals surface area contributed by atoms with Crippen molar-refractivity contribution in [2.24, 2.45) is 5.10 Å². The summed E-state index contributed by atoms with van der Waals surface area (Å²) in [6.45, 7) is 1.98. The van der Waals surface area contributed by atoms with Crippen molar-refractivity contribution < 1.29 is 4.42 Å². The highest BCUT2D eigenvalue weighted by Gasteiger charge is 2.21. The molecule has 0 unspecified atom stereocenters. The SMILES string of the molecule is CC(=Cc1ccco1)/C=N/n1c(C2CCCCC2)n[nH]c1=S. The highest BCUT2D eigenvalue weighted by atomic mass is 32.1. The third-order valence-corrected chi connectivity index (χ3v) is 4.20. The Kier molecular flexibility index (Phi) is 4.68. The van der Waals surface area contributed by atoms with Crippen LogP contribution in [-0.4, -0.2) is 21.1 Å². The molecule has 0 aromatic carbocycles. The zero-order valence-electron chi connectivity index (χ0n) is 12.7. The number of aromatic nitrogens is 3. The Hall–Kier alpha value is -1.95. The van der Waals surface area contributed by atoms with Crippen LogP contribution in [0.15, 0.2) is 33.5 Å². The average molecular weight is 316 g/mol. The summed E-state index contributed by atoms with van der Waals surface area (Å²) >= 11 is 5.30. The zero-order chi connectivity index (χ0) is 15.4. The maximum atomic E-state index is 5.30. The monoisotopic (exact) mass is 316 g/mol. The van der Waals surface area contributed by atoms with Gasteiger partial charge in [-0.3, -0.25) is 5.10 Å². The molecule has 116 valence electrons. The molecule has 2 aromatic heterocycles. The lowest BCUT2D eigenvalue weighted by Gasteiger charge is -2.19. The standard InChI is InChI=1S/C16H20N4OS/c1-12(10-14-8-5-9-21-14)11-17-20-15(18-19-16(20)22)13-6-3-2-4-7-13/h5,8-11,13H,2-4,6-7H2,1H3,(H,19,22)/b12-10?,17-11+. The third-order valence-electron chi connectivity index (χ3n) is 3.94. The largest absolute Gasteiger partial charge is 0.465 e. The molecule has 1 aliphatic carbocycles. The predicted octanol–water partition coefficient (Wildman–Crippen LogP) is 4.52. The normalized spacial score (nSPS) is 17.4. The fourth-order valence-electron chi connectivity index (χ4n) is 2.82. The number of hydrogen-bond donors (Lipinski definition) is 1. The summed E-state index contributed by atoms with van der Waals surface area (Å²) in [6, 6.07) is 3.78. The average Bonchev–Trinajstić information content (AvgIpc) is 3.16. The molecule has 5 nitrogen and oxygen atoms in total. The molecule has 0 radical (unpaired) electrons. The number of hydrogen-bond acceptors (Lipinski definition) is 4. The van der Waals surface area contributed by atoms with Crippen LogP contribution in [0.4, 0.5) is 0 Å². The number of aromatic amines is 1. The third kappa shape index (κ3) is 3.44. The topological polar surface area (TPSA) is 59.1 Å². The summed E-state index contributed by atoms with van der Waals surface area (Å²) in [5.74, 6) is 2.22. The second-order valence-corrected chi connectivity index (χ2v) is 6.07. The summed E-state index contributed by atoms with van der Waals surface area (Å²) in [4.78, 5) is 0. The van der Waals surface area contributed by atoms with Crippen LogP contribution in [0.5, 0.6) is 0 Å². The maximum absolute atomic E-state index is 5.30. The Morgan fingerprint density at radius 2 is 2.27 bits per heavy atom. The van der Waals surface area contributed by atoms with Crippen LogP contribution in [0.3, 0.4) is 0 Å². The van der Waals surface area contributed by atoms with E-state index in [0.29, 0.717) is 10.7 Å². The Morgan fingerprint density at radius 3 is 3.00 bits per heavy atom. The number of rotatable bonds is 4. The molecule has 6 heteroatoms. The molecule has 2 aromatic rings. The molecule has 0 atom stereocenters. The van der Waals surface area contributed by atoms with Crippen LogP contribution in [0, 0.1) is 4.77 Å². The molecule has 0 aliphatic heterocycles. The number of furan rings is 1. The van der Waals surface area contributed by atoms with E-state index in [1.165, 1.54) is 19.3 Å². The van der Waals surface area contributed by atoms with Gasteiger partial charge in [-0.2, -0.15) is 14.9 Å². The van der Waals surface area contributed by atoms with E-state index >= 15 is 0 Å². The molecular formula is C16H20N4OS. The molecule has 3 rings (SSSR count). The van der Waals surface area contributed by atoms with Gasteiger partial charge in [-0.25, -0.2) is 0 Å². The molecule has 1 aliphatic rings. The molecule has 22 heavy (non-hydrogen) atoms. The first kappa shape index (κ1) is 15.0. The highest BCUT2D eigenvalue weighted by molar-refractivity contribution is 7.71. The summed E-state index contributed by atoms with van der Waals surface area (Å²) < 4.78 is 7.60. The molecule has 0 spiro atoms. The van der Waals surface area contributed by atoms with E-state index in [4.69, 9.17) is 16.6 Å². The van der Waals surface area contributed by atoms with Gasteiger partial charge in [0.25, 0.3) is 0 Å². The summed E-state index contributed by atoms with van der Waals surface area (Å²) in [7, 11) is 0. The van der Waals surface area contributed by atoms with Gasteiger partial charge < -0.3 is 4.42 Å². The smallest absolute Gasteiger partial charge is 0.216 e. The van der Waals surface area contributed by atoms with Crippen LogP contribution < -0.4 is 0 Å². The van der Waals surface area contributed by atoms with E-state index in [-0.39, 0.29) is 0 Å². The second kappa shape index (κ2) is 6.87. The molecule has 0 saturated heterocycles. The van der Waals surface area contributed by atoms with Crippen molar-refractivity contribution in [1.82, 2.24) is 14.9 Å². The van der Waals surface area contributed by atoms with Crippen LogP contribution in [0.1, 0.15) is 56.5 Å². The summed E-state index contributed by atoms with van der Waals surface area (Å²) in [5, 5.41) is 11.8. The van der Waals surface area contributed by atoms with E-state index in [1.54, 1.807) is 17.2 Å². The summed E-state index contributed by atoms with van der Waals surface area (Å²) in [6.07, 6.45) is 11.5. The van der Waals surface area contributed by atoms with Crippen molar-refractivity contribution in [2.45, 2.75) is 44.9 Å². The molecular weight excluding hydrogens is 296 g/mol. The van der Waals surface area contributed by atoms with E-state index in [9.17, 15) is 0 Å². The van der Waals surface area contributed by atoms with Crippen LogP contribution >= 0.6 is 12.2 Å². The van der Waals surface area contributed by atoms with Crippen LogP contribution in [-0.2, 0) is 0 Å². The van der Waals surface area contributed by atoms with Gasteiger partial charge in [-0.05, 0) is 55.8 Å². The van der Waals surface area contributed by atoms with Gasteiger partial charge in [0, 0.05) is 5.92 Å². The van der Waals surface area contributed by atoms with E-state index in [0.717, 1.165) is 30.0 Å². The quantitative estimate of drug-likeness (QED) is 0.666. The molecule has 1 fully saturated rings. The zero-order valence-corrected chi connectivity index (χ0v) is 13.5. The highest BCUT2D eigenvalue weighted by Crippen LogP contribution is 2.31. The maximum Gasteiger partial charge on any atom is 0.216 e. The first-order valence-electron chi connectivity index (χ1n) is 7.67. The predicted molar refractivity (Wildman–Crippen MR) is 89.5 cm³/mol.